The van der Waals surface area contributed by atoms with Crippen LogP contribution >= 0.6 is 0 Å². The van der Waals surface area contributed by atoms with E-state index in [0.717, 1.165) is 5.56 Å². The number of benzene rings is 2. The van der Waals surface area contributed by atoms with Crippen molar-refractivity contribution in [2.75, 3.05) is 13.7 Å². The Labute approximate surface area is 124 Å². The molecule has 0 aromatic heterocycles. The van der Waals surface area contributed by atoms with Gasteiger partial charge in [0.15, 0.2) is 0 Å². The Morgan fingerprint density at radius 1 is 1.14 bits per heavy atom. The van der Waals surface area contributed by atoms with Gasteiger partial charge in [0.1, 0.15) is 5.75 Å². The first kappa shape index (κ1) is 15.1. The Morgan fingerprint density at radius 3 is 2.43 bits per heavy atom. The molecule has 4 heteroatoms. The van der Waals surface area contributed by atoms with Crippen molar-refractivity contribution in [1.29, 1.82) is 0 Å². The molecule has 1 unspecified atom stereocenters. The number of nitrogens with one attached hydrogen (secondary N) is 1. The van der Waals surface area contributed by atoms with E-state index in [4.69, 9.17) is 4.74 Å². The normalized spacial score (nSPS) is 11.7. The fourth-order valence-electron chi connectivity index (χ4n) is 2.01. The summed E-state index contributed by atoms with van der Waals surface area (Å²) >= 11 is 0. The number of methoxy groups -OCH3 is 1. The van der Waals surface area contributed by atoms with Gasteiger partial charge in [0.05, 0.1) is 13.2 Å². The largest absolute Gasteiger partial charge is 0.497 e. The summed E-state index contributed by atoms with van der Waals surface area (Å²) in [5, 5.41) is 12.8. The van der Waals surface area contributed by atoms with Crippen LogP contribution in [0.25, 0.3) is 0 Å². The van der Waals surface area contributed by atoms with E-state index in [2.05, 4.69) is 5.32 Å². The molecule has 2 rings (SSSR count). The third-order valence-electron chi connectivity index (χ3n) is 3.24. The van der Waals surface area contributed by atoms with Gasteiger partial charge in [-0.15, -0.1) is 0 Å². The van der Waals surface area contributed by atoms with Crippen LogP contribution in [0.3, 0.4) is 0 Å². The van der Waals surface area contributed by atoms with Crippen molar-refractivity contribution in [3.05, 3.63) is 65.7 Å². The van der Waals surface area contributed by atoms with Crippen LogP contribution in [0.15, 0.2) is 54.6 Å². The molecule has 1 atom stereocenters. The zero-order chi connectivity index (χ0) is 15.1. The van der Waals surface area contributed by atoms with Crippen LogP contribution in [-0.2, 0) is 0 Å². The van der Waals surface area contributed by atoms with Crippen molar-refractivity contribution in [2.45, 2.75) is 12.5 Å². The van der Waals surface area contributed by atoms with Crippen molar-refractivity contribution in [1.82, 2.24) is 5.32 Å². The minimum atomic E-state index is -0.567. The Balaban J connectivity index is 1.81. The van der Waals surface area contributed by atoms with E-state index in [1.807, 2.05) is 30.3 Å². The van der Waals surface area contributed by atoms with Crippen LogP contribution in [0.4, 0.5) is 0 Å². The van der Waals surface area contributed by atoms with Gasteiger partial charge in [0, 0.05) is 12.1 Å². The second-order valence-electron chi connectivity index (χ2n) is 4.70. The lowest BCUT2D eigenvalue weighted by atomic mass is 10.1. The molecule has 2 N–H and O–H groups in total. The number of rotatable bonds is 6. The Hall–Kier alpha value is -2.33. The van der Waals surface area contributed by atoms with Crippen LogP contribution in [0.2, 0.25) is 0 Å². The Morgan fingerprint density at radius 2 is 1.81 bits per heavy atom. The zero-order valence-electron chi connectivity index (χ0n) is 12.0. The van der Waals surface area contributed by atoms with Crippen LogP contribution in [0.5, 0.6) is 5.75 Å². The molecular formula is C17H19NO3. The predicted molar refractivity (Wildman–Crippen MR) is 81.3 cm³/mol. The van der Waals surface area contributed by atoms with Gasteiger partial charge in [-0.2, -0.15) is 0 Å². The maximum Gasteiger partial charge on any atom is 0.251 e. The van der Waals surface area contributed by atoms with E-state index in [9.17, 15) is 9.90 Å². The third kappa shape index (κ3) is 4.33. The number of amides is 1. The number of carbonyl (C=O) groups excluding carboxylic acids is 1. The maximum absolute atomic E-state index is 11.9. The van der Waals surface area contributed by atoms with Gasteiger partial charge in [-0.05, 0) is 36.2 Å². The summed E-state index contributed by atoms with van der Waals surface area (Å²) in [6.45, 7) is 0.418. The summed E-state index contributed by atoms with van der Waals surface area (Å²) in [6.07, 6.45) is -0.0892. The lowest BCUT2D eigenvalue weighted by molar-refractivity contribution is 0.0942. The molecule has 2 aromatic carbocycles. The third-order valence-corrected chi connectivity index (χ3v) is 3.24. The van der Waals surface area contributed by atoms with E-state index >= 15 is 0 Å². The van der Waals surface area contributed by atoms with Gasteiger partial charge in [0.25, 0.3) is 5.91 Å². The quantitative estimate of drug-likeness (QED) is 0.857. The number of aliphatic hydroxyl groups is 1. The minimum Gasteiger partial charge on any atom is -0.497 e. The first-order valence-electron chi connectivity index (χ1n) is 6.86. The first-order chi connectivity index (χ1) is 10.2. The van der Waals surface area contributed by atoms with Gasteiger partial charge < -0.3 is 15.2 Å². The second kappa shape index (κ2) is 7.45. The van der Waals surface area contributed by atoms with Crippen LogP contribution in [0, 0.1) is 0 Å². The average Bonchev–Trinajstić information content (AvgIpc) is 2.55. The number of hydrogen-bond acceptors (Lipinski definition) is 3. The average molecular weight is 285 g/mol. The molecule has 21 heavy (non-hydrogen) atoms. The molecule has 0 fully saturated rings. The molecule has 4 nitrogen and oxygen atoms in total. The summed E-state index contributed by atoms with van der Waals surface area (Å²) < 4.78 is 5.05. The van der Waals surface area contributed by atoms with Gasteiger partial charge in [-0.3, -0.25) is 4.79 Å². The number of hydrogen-bond donors (Lipinski definition) is 2. The van der Waals surface area contributed by atoms with E-state index in [1.165, 1.54) is 0 Å². The maximum atomic E-state index is 11.9. The molecule has 0 aliphatic heterocycles. The number of aliphatic hydroxyl groups excluding tert-OH is 1. The van der Waals surface area contributed by atoms with Gasteiger partial charge in [0.2, 0.25) is 0 Å². The first-order valence-corrected chi connectivity index (χ1v) is 6.86. The lowest BCUT2D eigenvalue weighted by Gasteiger charge is -2.11. The highest BCUT2D eigenvalue weighted by atomic mass is 16.5. The summed E-state index contributed by atoms with van der Waals surface area (Å²) in [4.78, 5) is 11.9. The molecule has 0 saturated carbocycles. The topological polar surface area (TPSA) is 58.6 Å². The monoisotopic (exact) mass is 285 g/mol. The number of ether oxygens (including phenoxy) is 1. The molecule has 0 saturated heterocycles. The molecule has 1 amide bonds. The Bertz CT molecular complexity index is 566. The van der Waals surface area contributed by atoms with E-state index < -0.39 is 6.10 Å². The molecule has 0 bridgehead atoms. The fraction of sp³-hybridized carbons (Fsp3) is 0.235. The molecule has 0 aliphatic rings. The molecule has 0 spiro atoms. The summed E-state index contributed by atoms with van der Waals surface area (Å²) in [5.74, 6) is 0.559. The molecule has 0 heterocycles. The van der Waals surface area contributed by atoms with Gasteiger partial charge in [-0.1, -0.05) is 30.3 Å². The smallest absolute Gasteiger partial charge is 0.251 e. The van der Waals surface area contributed by atoms with Crippen molar-refractivity contribution >= 4 is 5.91 Å². The van der Waals surface area contributed by atoms with Crippen LogP contribution < -0.4 is 10.1 Å². The fourth-order valence-corrected chi connectivity index (χ4v) is 2.01. The van der Waals surface area contributed by atoms with Gasteiger partial charge >= 0.3 is 0 Å². The molecular weight excluding hydrogens is 266 g/mol. The highest BCUT2D eigenvalue weighted by Crippen LogP contribution is 2.15. The van der Waals surface area contributed by atoms with Crippen LogP contribution in [0.1, 0.15) is 28.4 Å². The van der Waals surface area contributed by atoms with Crippen molar-refractivity contribution in [3.63, 3.8) is 0 Å². The molecule has 2 aromatic rings. The van der Waals surface area contributed by atoms with Gasteiger partial charge in [-0.25, -0.2) is 0 Å². The standard InChI is InChI=1S/C17H19NO3/c1-21-15-9-7-14(8-10-15)17(20)18-12-11-16(19)13-5-3-2-4-6-13/h2-10,16,19H,11-12H2,1H3,(H,18,20). The van der Waals surface area contributed by atoms with E-state index in [0.29, 0.717) is 24.3 Å². The highest BCUT2D eigenvalue weighted by Gasteiger charge is 2.09. The minimum absolute atomic E-state index is 0.155. The van der Waals surface area contributed by atoms with Crippen molar-refractivity contribution in [2.24, 2.45) is 0 Å². The second-order valence-corrected chi connectivity index (χ2v) is 4.70. The Kier molecular flexibility index (Phi) is 5.35. The van der Waals surface area contributed by atoms with Crippen molar-refractivity contribution in [3.8, 4) is 5.75 Å². The predicted octanol–water partition coefficient (Wildman–Crippen LogP) is 2.55. The summed E-state index contributed by atoms with van der Waals surface area (Å²) in [6, 6.07) is 16.3. The molecule has 110 valence electrons. The summed E-state index contributed by atoms with van der Waals surface area (Å²) in [5.41, 5.74) is 1.43. The lowest BCUT2D eigenvalue weighted by Crippen LogP contribution is -2.25. The summed E-state index contributed by atoms with van der Waals surface area (Å²) in [7, 11) is 1.58. The van der Waals surface area contributed by atoms with Crippen molar-refractivity contribution < 1.29 is 14.6 Å². The SMILES string of the molecule is COc1ccc(C(=O)NCCC(O)c2ccccc2)cc1. The van der Waals surface area contributed by atoms with Crippen LogP contribution in [-0.4, -0.2) is 24.7 Å². The molecule has 0 radical (unpaired) electrons. The zero-order valence-corrected chi connectivity index (χ0v) is 12.0. The molecule has 0 aliphatic carbocycles. The van der Waals surface area contributed by atoms with E-state index in [-0.39, 0.29) is 5.91 Å². The highest BCUT2D eigenvalue weighted by molar-refractivity contribution is 5.94. The van der Waals surface area contributed by atoms with E-state index in [1.54, 1.807) is 31.4 Å². The number of carbonyl (C=O) groups is 1.